The van der Waals surface area contributed by atoms with Crippen molar-refractivity contribution in [3.8, 4) is 0 Å². The molecule has 1 heterocycles. The first kappa shape index (κ1) is 22.7. The van der Waals surface area contributed by atoms with E-state index in [1.54, 1.807) is 0 Å². The van der Waals surface area contributed by atoms with Gasteiger partial charge in [0.05, 0.1) is 12.4 Å². The van der Waals surface area contributed by atoms with Gasteiger partial charge in [-0.25, -0.2) is 4.98 Å². The molecule has 0 bridgehead atoms. The average molecular weight is 385 g/mol. The van der Waals surface area contributed by atoms with Crippen LogP contribution in [0.5, 0.6) is 0 Å². The molecule has 0 amide bonds. The first-order chi connectivity index (χ1) is 13.9. The molecule has 1 aromatic carbocycles. The van der Waals surface area contributed by atoms with Crippen molar-refractivity contribution in [1.29, 1.82) is 0 Å². The van der Waals surface area contributed by atoms with Crippen LogP contribution in [0.1, 0.15) is 83.1 Å². The van der Waals surface area contributed by atoms with Crippen molar-refractivity contribution in [2.24, 2.45) is 0 Å². The normalized spacial score (nSPS) is 12.3. The highest BCUT2D eigenvalue weighted by Crippen LogP contribution is 2.13. The first-order valence-electron chi connectivity index (χ1n) is 11.5. The van der Waals surface area contributed by atoms with Gasteiger partial charge in [-0.3, -0.25) is 0 Å². The van der Waals surface area contributed by atoms with Crippen molar-refractivity contribution in [1.82, 2.24) is 9.55 Å². The van der Waals surface area contributed by atoms with Gasteiger partial charge in [0, 0.05) is 25.5 Å². The van der Waals surface area contributed by atoms with Gasteiger partial charge in [0.15, 0.2) is 0 Å². The van der Waals surface area contributed by atoms with Crippen LogP contribution in [0.15, 0.2) is 49.1 Å². The van der Waals surface area contributed by atoms with E-state index >= 15 is 0 Å². The molecule has 3 nitrogen and oxygen atoms in total. The zero-order chi connectivity index (χ0) is 19.7. The number of nitrogens with zero attached hydrogens (tertiary/aromatic N) is 2. The Bertz CT molecular complexity index is 567. The van der Waals surface area contributed by atoms with Gasteiger partial charge in [-0.05, 0) is 24.8 Å². The maximum absolute atomic E-state index is 6.26. The maximum atomic E-state index is 6.26. The Morgan fingerprint density at radius 3 is 2.21 bits per heavy atom. The maximum Gasteiger partial charge on any atom is 0.0946 e. The van der Waals surface area contributed by atoms with Gasteiger partial charge >= 0.3 is 0 Å². The van der Waals surface area contributed by atoms with Gasteiger partial charge in [-0.1, -0.05) is 95.0 Å². The van der Waals surface area contributed by atoms with Crippen molar-refractivity contribution >= 4 is 0 Å². The summed E-state index contributed by atoms with van der Waals surface area (Å²) < 4.78 is 8.39. The fourth-order valence-electron chi connectivity index (χ4n) is 3.67. The third kappa shape index (κ3) is 10.7. The number of ether oxygens (including phenoxy) is 1. The van der Waals surface area contributed by atoms with Crippen LogP contribution < -0.4 is 0 Å². The number of hydrogen-bond donors (Lipinski definition) is 0. The molecule has 0 aliphatic rings. The van der Waals surface area contributed by atoms with Gasteiger partial charge < -0.3 is 9.30 Å². The monoisotopic (exact) mass is 384 g/mol. The van der Waals surface area contributed by atoms with Crippen molar-refractivity contribution in [2.45, 2.75) is 96.6 Å². The van der Waals surface area contributed by atoms with Gasteiger partial charge in [0.1, 0.15) is 0 Å². The molecule has 2 aromatic rings. The van der Waals surface area contributed by atoms with Crippen LogP contribution in [-0.2, 0) is 17.7 Å². The van der Waals surface area contributed by atoms with Crippen LogP contribution in [-0.4, -0.2) is 22.3 Å². The molecule has 0 radical (unpaired) electrons. The summed E-state index contributed by atoms with van der Waals surface area (Å²) in [7, 11) is 0. The van der Waals surface area contributed by atoms with E-state index in [2.05, 4.69) is 46.8 Å². The Morgan fingerprint density at radius 2 is 1.57 bits per heavy atom. The number of unbranched alkanes of at least 4 members (excludes halogenated alkanes) is 9. The van der Waals surface area contributed by atoms with E-state index in [9.17, 15) is 0 Å². The average Bonchev–Trinajstić information content (AvgIpc) is 3.24. The van der Waals surface area contributed by atoms with Gasteiger partial charge in [0.2, 0.25) is 0 Å². The molecule has 1 aromatic heterocycles. The Morgan fingerprint density at radius 1 is 0.893 bits per heavy atom. The third-order valence-corrected chi connectivity index (χ3v) is 5.42. The lowest BCUT2D eigenvalue weighted by Crippen LogP contribution is -2.21. The quantitative estimate of drug-likeness (QED) is 0.280. The number of aryl methyl sites for hydroxylation is 1. The fraction of sp³-hybridized carbons (Fsp3) is 0.640. The molecule has 0 aliphatic carbocycles. The highest BCUT2D eigenvalue weighted by Gasteiger charge is 2.10. The Balaban J connectivity index is 1.57. The van der Waals surface area contributed by atoms with Crippen LogP contribution >= 0.6 is 0 Å². The van der Waals surface area contributed by atoms with E-state index in [1.807, 2.05) is 18.7 Å². The number of imidazole rings is 1. The SMILES string of the molecule is CCCCCCCCCCCCOC(CCc1ccccc1)Cn1ccnc1. The largest absolute Gasteiger partial charge is 0.376 e. The molecular weight excluding hydrogens is 344 g/mol. The number of hydrogen-bond acceptors (Lipinski definition) is 2. The third-order valence-electron chi connectivity index (χ3n) is 5.42. The molecule has 1 atom stereocenters. The van der Waals surface area contributed by atoms with Gasteiger partial charge in [-0.2, -0.15) is 0 Å². The molecule has 156 valence electrons. The van der Waals surface area contributed by atoms with Gasteiger partial charge in [-0.15, -0.1) is 0 Å². The van der Waals surface area contributed by atoms with E-state index in [-0.39, 0.29) is 6.10 Å². The molecular formula is C25H40N2O. The molecule has 2 rings (SSSR count). The second-order valence-electron chi connectivity index (χ2n) is 7.96. The van der Waals surface area contributed by atoms with E-state index in [4.69, 9.17) is 4.74 Å². The van der Waals surface area contributed by atoms with E-state index in [1.165, 1.54) is 69.8 Å². The van der Waals surface area contributed by atoms with E-state index < -0.39 is 0 Å². The predicted octanol–water partition coefficient (Wildman–Crippen LogP) is 6.82. The Hall–Kier alpha value is -1.61. The lowest BCUT2D eigenvalue weighted by atomic mass is 10.1. The minimum Gasteiger partial charge on any atom is -0.376 e. The molecule has 0 fully saturated rings. The first-order valence-corrected chi connectivity index (χ1v) is 11.5. The van der Waals surface area contributed by atoms with Crippen LogP contribution in [0.3, 0.4) is 0 Å². The van der Waals surface area contributed by atoms with E-state index in [0.717, 1.165) is 26.0 Å². The number of aromatic nitrogens is 2. The zero-order valence-corrected chi connectivity index (χ0v) is 17.9. The number of benzene rings is 1. The summed E-state index contributed by atoms with van der Waals surface area (Å²) >= 11 is 0. The summed E-state index contributed by atoms with van der Waals surface area (Å²) in [6.07, 6.45) is 21.8. The minimum absolute atomic E-state index is 0.257. The molecule has 0 N–H and O–H groups in total. The second kappa shape index (κ2) is 15.3. The van der Waals surface area contributed by atoms with Crippen molar-refractivity contribution in [2.75, 3.05) is 6.61 Å². The standard InChI is InChI=1S/C25H40N2O/c1-2-3-4-5-6-7-8-9-10-14-21-28-25(22-27-20-19-26-23-27)18-17-24-15-12-11-13-16-24/h11-13,15-16,19-20,23,25H,2-10,14,17-18,21-22H2,1H3. The molecule has 0 saturated heterocycles. The van der Waals surface area contributed by atoms with Crippen LogP contribution in [0.2, 0.25) is 0 Å². The molecule has 28 heavy (non-hydrogen) atoms. The van der Waals surface area contributed by atoms with Crippen molar-refractivity contribution in [3.05, 3.63) is 54.6 Å². The summed E-state index contributed by atoms with van der Waals surface area (Å²) in [6.45, 7) is 4.05. The lowest BCUT2D eigenvalue weighted by Gasteiger charge is -2.18. The molecule has 3 heteroatoms. The summed E-state index contributed by atoms with van der Waals surface area (Å²) in [5.41, 5.74) is 1.39. The number of rotatable bonds is 17. The smallest absolute Gasteiger partial charge is 0.0946 e. The summed E-state index contributed by atoms with van der Waals surface area (Å²) in [5.74, 6) is 0. The lowest BCUT2D eigenvalue weighted by molar-refractivity contribution is 0.0336. The molecule has 0 aliphatic heterocycles. The Kier molecular flexibility index (Phi) is 12.4. The van der Waals surface area contributed by atoms with Crippen LogP contribution in [0, 0.1) is 0 Å². The predicted molar refractivity (Wildman–Crippen MR) is 119 cm³/mol. The zero-order valence-electron chi connectivity index (χ0n) is 17.9. The summed E-state index contributed by atoms with van der Waals surface area (Å²) in [4.78, 5) is 4.16. The highest BCUT2D eigenvalue weighted by atomic mass is 16.5. The fourth-order valence-corrected chi connectivity index (χ4v) is 3.67. The summed E-state index contributed by atoms with van der Waals surface area (Å²) in [6, 6.07) is 10.7. The van der Waals surface area contributed by atoms with Gasteiger partial charge in [0.25, 0.3) is 0 Å². The van der Waals surface area contributed by atoms with Crippen molar-refractivity contribution in [3.63, 3.8) is 0 Å². The van der Waals surface area contributed by atoms with Crippen molar-refractivity contribution < 1.29 is 4.74 Å². The molecule has 0 saturated carbocycles. The molecule has 0 spiro atoms. The minimum atomic E-state index is 0.257. The topological polar surface area (TPSA) is 27.1 Å². The van der Waals surface area contributed by atoms with Crippen LogP contribution in [0.4, 0.5) is 0 Å². The highest BCUT2D eigenvalue weighted by molar-refractivity contribution is 5.14. The Labute approximate surface area is 172 Å². The summed E-state index contributed by atoms with van der Waals surface area (Å²) in [5, 5.41) is 0. The van der Waals surface area contributed by atoms with E-state index in [0.29, 0.717) is 0 Å². The van der Waals surface area contributed by atoms with Crippen LogP contribution in [0.25, 0.3) is 0 Å². The second-order valence-corrected chi connectivity index (χ2v) is 7.96. The molecule has 1 unspecified atom stereocenters.